The number of fused-ring (bicyclic) bond motifs is 2. The third kappa shape index (κ3) is 32.7. The first-order chi connectivity index (χ1) is 62.8. The Bertz CT molecular complexity index is 5000. The normalized spacial score (nSPS) is 22.1. The number of phenols is 1. The van der Waals surface area contributed by atoms with Crippen LogP contribution in [-0.2, 0) is 101 Å². The van der Waals surface area contributed by atoms with Crippen LogP contribution in [-0.4, -0.2) is 217 Å². The third-order valence-electron chi connectivity index (χ3n) is 23.4. The summed E-state index contributed by atoms with van der Waals surface area (Å²) in [5.41, 5.74) is 6.94. The molecule has 1 heterocycles. The van der Waals surface area contributed by atoms with Crippen molar-refractivity contribution in [3.63, 3.8) is 0 Å². The Hall–Kier alpha value is -13.1. The lowest BCUT2D eigenvalue weighted by Crippen LogP contribution is -2.65. The monoisotopic (exact) mass is 1860 g/mol. The van der Waals surface area contributed by atoms with Crippen molar-refractivity contribution in [2.45, 2.75) is 287 Å². The molecular formula is C93H125F3N16O21. The quantitative estimate of drug-likeness (QED) is 0.0166. The fourth-order valence-electron chi connectivity index (χ4n) is 15.4. The van der Waals surface area contributed by atoms with Gasteiger partial charge in [-0.1, -0.05) is 125 Å². The van der Waals surface area contributed by atoms with Crippen molar-refractivity contribution in [1.82, 2.24) is 74.4 Å². The van der Waals surface area contributed by atoms with Gasteiger partial charge < -0.3 is 106 Å². The van der Waals surface area contributed by atoms with Crippen LogP contribution >= 0.6 is 0 Å². The molecule has 7 rings (SSSR count). The molecule has 724 valence electrons. The number of rotatable bonds is 32. The van der Waals surface area contributed by atoms with E-state index in [1.165, 1.54) is 58.9 Å². The van der Waals surface area contributed by atoms with E-state index < -0.39 is 258 Å². The van der Waals surface area contributed by atoms with Crippen LogP contribution in [0.25, 0.3) is 21.5 Å². The number of carboxylic acids is 1. The molecular weight excluding hydrogens is 1730 g/mol. The maximum absolute atomic E-state index is 15.7. The van der Waals surface area contributed by atoms with Crippen molar-refractivity contribution in [3.05, 3.63) is 137 Å². The number of carboxylic acid groups (broad SMARTS) is 1. The largest absolute Gasteiger partial charge is 0.508 e. The van der Waals surface area contributed by atoms with Gasteiger partial charge in [0.05, 0.1) is 12.7 Å². The maximum Gasteiger partial charge on any atom is 0.303 e. The first-order valence-electron chi connectivity index (χ1n) is 44.6. The molecule has 5 aromatic carbocycles. The number of benzene rings is 5. The van der Waals surface area contributed by atoms with Crippen LogP contribution in [0.5, 0.6) is 5.75 Å². The lowest BCUT2D eigenvalue weighted by Gasteiger charge is -2.35. The minimum Gasteiger partial charge on any atom is -0.508 e. The number of aromatic hydroxyl groups is 1. The number of phenolic OH excluding ortho intramolecular Hbond substituents is 1. The number of nitrogens with two attached hydrogens (primary N) is 2. The van der Waals surface area contributed by atoms with Gasteiger partial charge in [0, 0.05) is 39.0 Å². The first-order valence-corrected chi connectivity index (χ1v) is 44.6. The summed E-state index contributed by atoms with van der Waals surface area (Å²) in [7, 11) is 0. The molecule has 37 nitrogen and oxygen atoms in total. The zero-order valence-corrected chi connectivity index (χ0v) is 76.0. The van der Waals surface area contributed by atoms with E-state index in [2.05, 4.69) is 74.4 Å². The number of aliphatic carboxylic acids is 1. The molecule has 133 heavy (non-hydrogen) atoms. The summed E-state index contributed by atoms with van der Waals surface area (Å²) in [6.07, 6.45) is 0.755. The Morgan fingerprint density at radius 3 is 1.64 bits per heavy atom. The van der Waals surface area contributed by atoms with E-state index in [0.717, 1.165) is 20.3 Å². The molecule has 1 saturated carbocycles. The number of hydrogen-bond acceptors (Lipinski definition) is 20. The molecule has 22 N–H and O–H groups in total. The number of aliphatic hydroxyl groups excluding tert-OH is 2. The predicted octanol–water partition coefficient (Wildman–Crippen LogP) is 2.10. The molecule has 0 saturated heterocycles. The van der Waals surface area contributed by atoms with Gasteiger partial charge in [0.25, 0.3) is 0 Å². The van der Waals surface area contributed by atoms with E-state index >= 15 is 37.5 Å². The van der Waals surface area contributed by atoms with E-state index in [1.807, 2.05) is 6.07 Å². The number of amides is 16. The van der Waals surface area contributed by atoms with E-state index in [0.29, 0.717) is 71.3 Å². The van der Waals surface area contributed by atoms with E-state index in [4.69, 9.17) is 11.5 Å². The van der Waals surface area contributed by atoms with Crippen molar-refractivity contribution in [1.29, 1.82) is 0 Å². The highest BCUT2D eigenvalue weighted by Gasteiger charge is 2.44. The molecule has 40 heteroatoms. The smallest absolute Gasteiger partial charge is 0.303 e. The van der Waals surface area contributed by atoms with Crippen LogP contribution in [0, 0.1) is 29.3 Å². The standard InChI is InChI=1S/C93H125F3N16O21/c1-49(2)40-68(102-54(7)115)85(127)110-77(53(6)114)89(131)107-71(45-57-41-64(94)76(96)65(95)42-57)88(130)112-92(8)38-21-15-13-11-10-12-14-16-22-39-93(9,91(133)109-73(48-113)86(128)101-51(4)79(121)99-50(3)78(98)120)111-87(129)70(43-55-24-23-25-55)105-81(123)66(34-36-74(97)117)103-80(122)52(5)100-83(125)72(47-63-61-28-19-17-26-58(61)46-59-27-18-20-29-62(59)63)106-84(126)69(44-56-30-32-60(116)33-31-56)104-82(124)67(108-90(92)132)35-37-75(118)119/h12,14,17-20,26-33,41-42,46,49-53,55,66-73,77,113-114,116H,10-11,13,15-16,21-25,34-40,43-45,47-48H2,1-9H3,(H2,97,117)(H2,98,120)(H,99,121)(H,100,125)(H,101,128)(H,102,115)(H,103,122)(H,104,124)(H,105,123)(H,106,126)(H,107,131)(H,108,132)(H,109,133)(H,110,127)(H,111,129)(H,112,130)(H,118,119)/t50-,51-,52-,53+,66-,67-,68-,69-,70-,71-,72-,73-,77-,92+,93?/m0/s1. The Balaban J connectivity index is 1.34. The molecule has 1 aliphatic heterocycles. The van der Waals surface area contributed by atoms with Gasteiger partial charge in [0.2, 0.25) is 94.5 Å². The number of hydrogen-bond donors (Lipinski definition) is 20. The molecule has 2 aliphatic rings. The molecule has 1 unspecified atom stereocenters. The summed E-state index contributed by atoms with van der Waals surface area (Å²) in [5, 5.41) is 80.5. The summed E-state index contributed by atoms with van der Waals surface area (Å²) < 4.78 is 44.9. The fraction of sp³-hybridized carbons (Fsp3) is 0.516. The average Bonchev–Trinajstić information content (AvgIpc) is 0.769. The SMILES string of the molecule is CC(=O)N[C@@H](CC(C)C)C(=O)N[C@H](C(=O)N[C@@H](Cc1cc(F)c(F)c(F)c1)C(=O)N[C@]1(C)CCCCCCC=CCCCC(C)(C(=O)N[C@@H](CO)C(=O)N[C@@H](C)C(=O)N[C@@H](C)C(N)=O)NC(=O)[C@H](CC2CCC2)NC(=O)[C@H](CCC(N)=O)NC(=O)[C@H](C)NC(=O)[C@H](Cc2c3ccccc3cc3ccccc23)NC(=O)[C@H](Cc2ccc(O)cc2)NC(=O)[C@H](CCC(=O)O)NC1=O)[C@@H](C)O. The highest BCUT2D eigenvalue weighted by molar-refractivity contribution is 6.05. The molecule has 0 bridgehead atoms. The van der Waals surface area contributed by atoms with Crippen molar-refractivity contribution in [3.8, 4) is 5.75 Å². The minimum atomic E-state index is -2.30. The van der Waals surface area contributed by atoms with Crippen molar-refractivity contribution >= 4 is 122 Å². The summed E-state index contributed by atoms with van der Waals surface area (Å²) in [4.78, 5) is 242. The van der Waals surface area contributed by atoms with Gasteiger partial charge in [-0.25, -0.2) is 13.2 Å². The van der Waals surface area contributed by atoms with Gasteiger partial charge in [-0.2, -0.15) is 0 Å². The van der Waals surface area contributed by atoms with Gasteiger partial charge in [-0.3, -0.25) is 81.5 Å². The molecule has 0 spiro atoms. The highest BCUT2D eigenvalue weighted by Crippen LogP contribution is 2.33. The molecule has 15 atom stereocenters. The second-order valence-electron chi connectivity index (χ2n) is 35.1. The van der Waals surface area contributed by atoms with Crippen LogP contribution in [0.4, 0.5) is 13.2 Å². The van der Waals surface area contributed by atoms with Gasteiger partial charge >= 0.3 is 5.97 Å². The predicted molar refractivity (Wildman–Crippen MR) is 481 cm³/mol. The second kappa shape index (κ2) is 50.5. The van der Waals surface area contributed by atoms with Crippen LogP contribution in [0.15, 0.2) is 103 Å². The molecule has 1 aliphatic carbocycles. The van der Waals surface area contributed by atoms with Gasteiger partial charge in [-0.05, 0) is 186 Å². The highest BCUT2D eigenvalue weighted by atomic mass is 19.2. The summed E-state index contributed by atoms with van der Waals surface area (Å²) in [6.45, 7) is 11.0. The molecule has 0 aromatic heterocycles. The maximum atomic E-state index is 15.7. The van der Waals surface area contributed by atoms with Crippen molar-refractivity contribution < 1.29 is 115 Å². The van der Waals surface area contributed by atoms with Gasteiger partial charge in [-0.15, -0.1) is 0 Å². The van der Waals surface area contributed by atoms with Crippen molar-refractivity contribution in [2.75, 3.05) is 6.61 Å². The number of carbonyl (C=O) groups is 17. The Morgan fingerprint density at radius 1 is 0.534 bits per heavy atom. The average molecular weight is 1860 g/mol. The van der Waals surface area contributed by atoms with E-state index in [1.54, 1.807) is 74.5 Å². The summed E-state index contributed by atoms with van der Waals surface area (Å²) >= 11 is 0. The lowest BCUT2D eigenvalue weighted by molar-refractivity contribution is -0.140. The Kier molecular flexibility index (Phi) is 40.6. The zero-order valence-electron chi connectivity index (χ0n) is 76.0. The third-order valence-corrected chi connectivity index (χ3v) is 23.4. The van der Waals surface area contributed by atoms with Gasteiger partial charge in [0.1, 0.15) is 89.3 Å². The first kappa shape index (κ1) is 107. The van der Waals surface area contributed by atoms with Gasteiger partial charge in [0.15, 0.2) is 17.5 Å². The molecule has 16 amide bonds. The number of primary amides is 2. The number of nitrogens with one attached hydrogen (secondary N) is 14. The molecule has 5 aromatic rings. The second-order valence-corrected chi connectivity index (χ2v) is 35.1. The summed E-state index contributed by atoms with van der Waals surface area (Å²) in [6, 6.07) is 2.48. The number of halogens is 3. The van der Waals surface area contributed by atoms with Crippen LogP contribution in [0.1, 0.15) is 195 Å². The summed E-state index contributed by atoms with van der Waals surface area (Å²) in [5.74, 6) is -24.1. The Labute approximate surface area is 767 Å². The fourth-order valence-corrected chi connectivity index (χ4v) is 15.4. The molecule has 0 radical (unpaired) electrons. The number of aliphatic hydroxyl groups is 2. The lowest BCUT2D eigenvalue weighted by atomic mass is 9.80. The van der Waals surface area contributed by atoms with Crippen LogP contribution in [0.3, 0.4) is 0 Å². The molecule has 1 fully saturated rings. The number of carbonyl (C=O) groups excluding carboxylic acids is 16. The van der Waals surface area contributed by atoms with Crippen LogP contribution < -0.4 is 85.9 Å². The van der Waals surface area contributed by atoms with E-state index in [9.17, 15) is 77.6 Å². The van der Waals surface area contributed by atoms with Crippen LogP contribution in [0.2, 0.25) is 0 Å². The topological polar surface area (TPSA) is 592 Å². The minimum absolute atomic E-state index is 0.0257. The van der Waals surface area contributed by atoms with Crippen molar-refractivity contribution in [2.24, 2.45) is 23.3 Å². The Morgan fingerprint density at radius 2 is 1.08 bits per heavy atom. The number of allylic oxidation sites excluding steroid dienone is 2. The van der Waals surface area contributed by atoms with E-state index in [-0.39, 0.29) is 80.9 Å². The zero-order chi connectivity index (χ0) is 98.3.